The molecule has 23 heavy (non-hydrogen) atoms. The van der Waals surface area contributed by atoms with Crippen LogP contribution in [-0.2, 0) is 14.9 Å². The SMILES string of the molecule is CC(C)N=CC(OCC1(c2cccnc2)CC1C(=O)O)C(C)N. The van der Waals surface area contributed by atoms with Gasteiger partial charge in [-0.25, -0.2) is 0 Å². The lowest BCUT2D eigenvalue weighted by atomic mass is 9.95. The van der Waals surface area contributed by atoms with E-state index in [4.69, 9.17) is 10.5 Å². The minimum atomic E-state index is -0.800. The number of carbonyl (C=O) groups is 1. The zero-order valence-corrected chi connectivity index (χ0v) is 13.8. The van der Waals surface area contributed by atoms with E-state index in [-0.39, 0.29) is 18.2 Å². The highest BCUT2D eigenvalue weighted by atomic mass is 16.5. The van der Waals surface area contributed by atoms with Gasteiger partial charge in [0.15, 0.2) is 0 Å². The molecule has 1 aromatic rings. The van der Waals surface area contributed by atoms with Crippen LogP contribution >= 0.6 is 0 Å². The second-order valence-corrected chi connectivity index (χ2v) is 6.52. The van der Waals surface area contributed by atoms with Crippen molar-refractivity contribution in [2.45, 2.75) is 50.8 Å². The molecule has 3 N–H and O–H groups in total. The lowest BCUT2D eigenvalue weighted by Gasteiger charge is -2.23. The predicted molar refractivity (Wildman–Crippen MR) is 88.7 cm³/mol. The molecule has 0 amide bonds. The average Bonchev–Trinajstić information content (AvgIpc) is 3.24. The van der Waals surface area contributed by atoms with Gasteiger partial charge >= 0.3 is 5.97 Å². The van der Waals surface area contributed by atoms with E-state index in [9.17, 15) is 9.90 Å². The Kier molecular flexibility index (Phi) is 5.49. The third-order valence-electron chi connectivity index (χ3n) is 4.19. The molecule has 0 aromatic carbocycles. The van der Waals surface area contributed by atoms with Gasteiger partial charge < -0.3 is 15.6 Å². The topological polar surface area (TPSA) is 97.8 Å². The van der Waals surface area contributed by atoms with E-state index in [2.05, 4.69) is 9.98 Å². The first kappa shape index (κ1) is 17.6. The van der Waals surface area contributed by atoms with Crippen molar-refractivity contribution in [3.8, 4) is 0 Å². The van der Waals surface area contributed by atoms with E-state index in [1.807, 2.05) is 32.9 Å². The van der Waals surface area contributed by atoms with Crippen LogP contribution in [-0.4, -0.2) is 47.1 Å². The molecule has 126 valence electrons. The fourth-order valence-corrected chi connectivity index (χ4v) is 2.68. The largest absolute Gasteiger partial charge is 0.481 e. The van der Waals surface area contributed by atoms with Crippen molar-refractivity contribution in [2.75, 3.05) is 6.61 Å². The quantitative estimate of drug-likeness (QED) is 0.710. The summed E-state index contributed by atoms with van der Waals surface area (Å²) in [5.74, 6) is -1.24. The molecular formula is C17H25N3O3. The molecule has 4 atom stereocenters. The summed E-state index contributed by atoms with van der Waals surface area (Å²) < 4.78 is 5.95. The molecule has 2 rings (SSSR count). The minimum Gasteiger partial charge on any atom is -0.481 e. The number of aliphatic carboxylic acids is 1. The molecule has 6 nitrogen and oxygen atoms in total. The molecule has 0 spiro atoms. The molecule has 1 aliphatic carbocycles. The number of rotatable bonds is 8. The highest BCUT2D eigenvalue weighted by Gasteiger charge is 2.60. The Bertz CT molecular complexity index is 559. The summed E-state index contributed by atoms with van der Waals surface area (Å²) in [5.41, 5.74) is 6.35. The zero-order chi connectivity index (χ0) is 17.0. The van der Waals surface area contributed by atoms with E-state index in [0.29, 0.717) is 13.0 Å². The molecule has 0 radical (unpaired) electrons. The molecule has 6 heteroatoms. The number of nitrogens with zero attached hydrogens (tertiary/aromatic N) is 2. The van der Waals surface area contributed by atoms with Crippen molar-refractivity contribution < 1.29 is 14.6 Å². The Morgan fingerprint density at radius 3 is 2.83 bits per heavy atom. The Hall–Kier alpha value is -1.79. The lowest BCUT2D eigenvalue weighted by Crippen LogP contribution is -2.38. The summed E-state index contributed by atoms with van der Waals surface area (Å²) >= 11 is 0. The van der Waals surface area contributed by atoms with E-state index < -0.39 is 17.3 Å². The molecule has 4 unspecified atom stereocenters. The van der Waals surface area contributed by atoms with Crippen LogP contribution in [0.15, 0.2) is 29.5 Å². The summed E-state index contributed by atoms with van der Waals surface area (Å²) in [4.78, 5) is 19.9. The van der Waals surface area contributed by atoms with Crippen molar-refractivity contribution in [2.24, 2.45) is 16.6 Å². The van der Waals surface area contributed by atoms with Crippen molar-refractivity contribution in [3.63, 3.8) is 0 Å². The van der Waals surface area contributed by atoms with Crippen LogP contribution in [0.4, 0.5) is 0 Å². The van der Waals surface area contributed by atoms with Crippen LogP contribution in [0.5, 0.6) is 0 Å². The normalized spacial score (nSPS) is 26.4. The van der Waals surface area contributed by atoms with Gasteiger partial charge in [-0.05, 0) is 38.8 Å². The number of pyridine rings is 1. The maximum absolute atomic E-state index is 11.4. The van der Waals surface area contributed by atoms with Crippen LogP contribution in [0.3, 0.4) is 0 Å². The molecule has 1 aromatic heterocycles. The van der Waals surface area contributed by atoms with Gasteiger partial charge in [-0.15, -0.1) is 0 Å². The maximum atomic E-state index is 11.4. The van der Waals surface area contributed by atoms with Crippen LogP contribution in [0.25, 0.3) is 0 Å². The molecule has 1 saturated carbocycles. The minimum absolute atomic E-state index is 0.167. The molecular weight excluding hydrogens is 294 g/mol. The Balaban J connectivity index is 2.12. The first-order valence-electron chi connectivity index (χ1n) is 7.90. The van der Waals surface area contributed by atoms with Gasteiger partial charge in [-0.1, -0.05) is 6.07 Å². The van der Waals surface area contributed by atoms with Crippen molar-refractivity contribution in [1.29, 1.82) is 0 Å². The van der Waals surface area contributed by atoms with Crippen molar-refractivity contribution in [3.05, 3.63) is 30.1 Å². The van der Waals surface area contributed by atoms with E-state index >= 15 is 0 Å². The van der Waals surface area contributed by atoms with Gasteiger partial charge in [0.05, 0.1) is 12.5 Å². The number of carboxylic acid groups (broad SMARTS) is 1. The monoisotopic (exact) mass is 319 g/mol. The Labute approximate surface area is 136 Å². The maximum Gasteiger partial charge on any atom is 0.307 e. The number of ether oxygens (including phenoxy) is 1. The average molecular weight is 319 g/mol. The van der Waals surface area contributed by atoms with Gasteiger partial charge in [-0.3, -0.25) is 14.8 Å². The van der Waals surface area contributed by atoms with E-state index in [1.165, 1.54) is 0 Å². The zero-order valence-electron chi connectivity index (χ0n) is 13.8. The molecule has 0 bridgehead atoms. The van der Waals surface area contributed by atoms with Gasteiger partial charge in [0.2, 0.25) is 0 Å². The van der Waals surface area contributed by atoms with Gasteiger partial charge in [0, 0.05) is 36.1 Å². The molecule has 1 heterocycles. The predicted octanol–water partition coefficient (Wildman–Crippen LogP) is 1.64. The summed E-state index contributed by atoms with van der Waals surface area (Å²) in [6, 6.07) is 3.67. The van der Waals surface area contributed by atoms with Crippen LogP contribution in [0.2, 0.25) is 0 Å². The third kappa shape index (κ3) is 4.14. The number of hydrogen-bond acceptors (Lipinski definition) is 5. The van der Waals surface area contributed by atoms with Crippen molar-refractivity contribution in [1.82, 2.24) is 4.98 Å². The number of nitrogens with two attached hydrogens (primary N) is 1. The van der Waals surface area contributed by atoms with Gasteiger partial charge in [-0.2, -0.15) is 0 Å². The van der Waals surface area contributed by atoms with E-state index in [0.717, 1.165) is 5.56 Å². The number of carboxylic acids is 1. The Morgan fingerprint density at radius 2 is 2.35 bits per heavy atom. The Morgan fingerprint density at radius 1 is 1.61 bits per heavy atom. The fraction of sp³-hybridized carbons (Fsp3) is 0.588. The van der Waals surface area contributed by atoms with Gasteiger partial charge in [0.1, 0.15) is 6.10 Å². The fourth-order valence-electron chi connectivity index (χ4n) is 2.68. The van der Waals surface area contributed by atoms with Crippen LogP contribution < -0.4 is 5.73 Å². The second-order valence-electron chi connectivity index (χ2n) is 6.52. The molecule has 0 aliphatic heterocycles. The highest BCUT2D eigenvalue weighted by molar-refractivity contribution is 5.77. The first-order chi connectivity index (χ1) is 10.9. The standard InChI is InChI=1S/C17H25N3O3/c1-11(2)20-9-15(12(3)18)23-10-17(7-14(17)16(21)22)13-5-4-6-19-8-13/h4-6,8-9,11-12,14-15H,7,10,18H2,1-3H3,(H,21,22). The summed E-state index contributed by atoms with van der Waals surface area (Å²) in [5, 5.41) is 9.37. The molecule has 0 saturated heterocycles. The lowest BCUT2D eigenvalue weighted by molar-refractivity contribution is -0.139. The number of hydrogen-bond donors (Lipinski definition) is 2. The van der Waals surface area contributed by atoms with Crippen LogP contribution in [0.1, 0.15) is 32.8 Å². The van der Waals surface area contributed by atoms with Crippen molar-refractivity contribution >= 4 is 12.2 Å². The number of aliphatic imine (C=N–C) groups is 1. The highest BCUT2D eigenvalue weighted by Crippen LogP contribution is 2.54. The van der Waals surface area contributed by atoms with Crippen LogP contribution in [0, 0.1) is 5.92 Å². The smallest absolute Gasteiger partial charge is 0.307 e. The molecule has 1 aliphatic rings. The molecule has 1 fully saturated rings. The van der Waals surface area contributed by atoms with E-state index in [1.54, 1.807) is 18.6 Å². The van der Waals surface area contributed by atoms with Gasteiger partial charge in [0.25, 0.3) is 0 Å². The third-order valence-corrected chi connectivity index (χ3v) is 4.19. The summed E-state index contributed by atoms with van der Waals surface area (Å²) in [7, 11) is 0. The first-order valence-corrected chi connectivity index (χ1v) is 7.90. The number of aromatic nitrogens is 1. The summed E-state index contributed by atoms with van der Waals surface area (Å²) in [6.07, 6.45) is 5.35. The summed E-state index contributed by atoms with van der Waals surface area (Å²) in [6.45, 7) is 6.11. The second kappa shape index (κ2) is 7.19.